The fraction of sp³-hybridized carbons (Fsp3) is 0.0455. The van der Waals surface area contributed by atoms with Crippen LogP contribution in [0.5, 0.6) is 0 Å². The lowest BCUT2D eigenvalue weighted by Crippen LogP contribution is -2.13. The van der Waals surface area contributed by atoms with Crippen molar-refractivity contribution < 1.29 is 9.21 Å². The number of nitriles is 1. The second-order valence-corrected chi connectivity index (χ2v) is 8.48. The molecule has 0 radical (unpaired) electrons. The van der Waals surface area contributed by atoms with Crippen LogP contribution >= 0.6 is 23.1 Å². The quantitative estimate of drug-likeness (QED) is 0.323. The van der Waals surface area contributed by atoms with Gasteiger partial charge in [0, 0.05) is 11.8 Å². The van der Waals surface area contributed by atoms with Crippen LogP contribution in [0.2, 0.25) is 0 Å². The molecule has 0 unspecified atom stereocenters. The monoisotopic (exact) mass is 417 g/mol. The van der Waals surface area contributed by atoms with Gasteiger partial charge in [0.05, 0.1) is 10.2 Å². The van der Waals surface area contributed by atoms with Crippen molar-refractivity contribution in [1.82, 2.24) is 4.98 Å². The van der Waals surface area contributed by atoms with Gasteiger partial charge in [-0.25, -0.2) is 4.98 Å². The van der Waals surface area contributed by atoms with Crippen LogP contribution in [-0.2, 0) is 4.79 Å². The average molecular weight is 418 g/mol. The van der Waals surface area contributed by atoms with E-state index in [1.807, 2.05) is 49.4 Å². The largest absolute Gasteiger partial charge is 0.450 e. The number of rotatable bonds is 5. The van der Waals surface area contributed by atoms with Crippen LogP contribution in [0.4, 0.5) is 5.69 Å². The molecule has 0 saturated heterocycles. The Morgan fingerprint density at radius 3 is 2.72 bits per heavy atom. The summed E-state index contributed by atoms with van der Waals surface area (Å²) in [5, 5.41) is 12.7. The summed E-state index contributed by atoms with van der Waals surface area (Å²) in [6, 6.07) is 20.8. The predicted octanol–water partition coefficient (Wildman–Crippen LogP) is 5.89. The lowest BCUT2D eigenvalue weighted by molar-refractivity contribution is -0.112. The lowest BCUT2D eigenvalue weighted by Gasteiger charge is -2.04. The maximum Gasteiger partial charge on any atom is 0.266 e. The molecule has 1 amide bonds. The third-order valence-corrected chi connectivity index (χ3v) is 6.04. The van der Waals surface area contributed by atoms with Gasteiger partial charge in [-0.3, -0.25) is 4.79 Å². The molecule has 1 N–H and O–H groups in total. The second kappa shape index (κ2) is 8.35. The van der Waals surface area contributed by atoms with Crippen molar-refractivity contribution in [3.63, 3.8) is 0 Å². The van der Waals surface area contributed by atoms with E-state index in [0.29, 0.717) is 16.5 Å². The molecular formula is C22H15N3O2S2. The molecule has 0 fully saturated rings. The van der Waals surface area contributed by atoms with Gasteiger partial charge in [-0.2, -0.15) is 5.26 Å². The summed E-state index contributed by atoms with van der Waals surface area (Å²) in [7, 11) is 0. The number of nitrogens with one attached hydrogen (secondary N) is 1. The van der Waals surface area contributed by atoms with Gasteiger partial charge in [-0.1, -0.05) is 29.8 Å². The number of hydrogen-bond acceptors (Lipinski definition) is 6. The van der Waals surface area contributed by atoms with Crippen LogP contribution in [0.25, 0.3) is 16.3 Å². The first-order valence-corrected chi connectivity index (χ1v) is 10.4. The number of amides is 1. The molecule has 0 aliphatic heterocycles. The van der Waals surface area contributed by atoms with E-state index < -0.39 is 5.91 Å². The van der Waals surface area contributed by atoms with Crippen molar-refractivity contribution in [2.75, 3.05) is 5.32 Å². The number of benzene rings is 2. The summed E-state index contributed by atoms with van der Waals surface area (Å²) in [4.78, 5) is 16.9. The van der Waals surface area contributed by atoms with Crippen molar-refractivity contribution in [1.29, 1.82) is 5.26 Å². The minimum Gasteiger partial charge on any atom is -0.450 e. The summed E-state index contributed by atoms with van der Waals surface area (Å²) >= 11 is 3.00. The molecular weight excluding hydrogens is 402 g/mol. The number of aromatic nitrogens is 1. The van der Waals surface area contributed by atoms with E-state index in [1.165, 1.54) is 17.8 Å². The molecule has 4 aromatic rings. The SMILES string of the molecule is Cc1ccc(NC(=O)/C(C#N)=C/c2ccc(Sc3nc4ccccc4s3)o2)cc1. The highest BCUT2D eigenvalue weighted by atomic mass is 32.2. The Morgan fingerprint density at radius 1 is 1.17 bits per heavy atom. The number of furan rings is 1. The van der Waals surface area contributed by atoms with Gasteiger partial charge in [0.1, 0.15) is 17.4 Å². The third kappa shape index (κ3) is 4.57. The van der Waals surface area contributed by atoms with Gasteiger partial charge in [0.2, 0.25) is 0 Å². The molecule has 2 aromatic carbocycles. The minimum absolute atomic E-state index is 0.0311. The fourth-order valence-corrected chi connectivity index (χ4v) is 4.54. The summed E-state index contributed by atoms with van der Waals surface area (Å²) < 4.78 is 7.74. The number of nitrogens with zero attached hydrogens (tertiary/aromatic N) is 2. The van der Waals surface area contributed by atoms with Crippen molar-refractivity contribution >= 4 is 51.0 Å². The number of aryl methyl sites for hydroxylation is 1. The van der Waals surface area contributed by atoms with Crippen LogP contribution in [0.3, 0.4) is 0 Å². The van der Waals surface area contributed by atoms with Crippen molar-refractivity contribution in [2.24, 2.45) is 0 Å². The van der Waals surface area contributed by atoms with E-state index in [4.69, 9.17) is 4.42 Å². The number of anilines is 1. The summed E-state index contributed by atoms with van der Waals surface area (Å²) in [6.07, 6.45) is 1.44. The van der Waals surface area contributed by atoms with Gasteiger partial charge in [-0.05, 0) is 55.1 Å². The van der Waals surface area contributed by atoms with Crippen molar-refractivity contribution in [3.8, 4) is 6.07 Å². The van der Waals surface area contributed by atoms with Crippen molar-refractivity contribution in [2.45, 2.75) is 16.4 Å². The zero-order valence-electron chi connectivity index (χ0n) is 15.4. The molecule has 0 spiro atoms. The zero-order chi connectivity index (χ0) is 20.2. The highest BCUT2D eigenvalue weighted by Crippen LogP contribution is 2.35. The summed E-state index contributed by atoms with van der Waals surface area (Å²) in [5.41, 5.74) is 2.64. The molecule has 4 rings (SSSR count). The highest BCUT2D eigenvalue weighted by molar-refractivity contribution is 8.01. The number of carbonyl (C=O) groups excluding carboxylic acids is 1. The van der Waals surface area contributed by atoms with Gasteiger partial charge in [0.15, 0.2) is 9.43 Å². The maximum absolute atomic E-state index is 12.4. The average Bonchev–Trinajstić information content (AvgIpc) is 3.34. The third-order valence-electron chi connectivity index (χ3n) is 4.03. The molecule has 29 heavy (non-hydrogen) atoms. The van der Waals surface area contributed by atoms with Gasteiger partial charge in [0.25, 0.3) is 5.91 Å². The zero-order valence-corrected chi connectivity index (χ0v) is 17.0. The summed E-state index contributed by atoms with van der Waals surface area (Å²) in [6.45, 7) is 1.97. The first-order chi connectivity index (χ1) is 14.1. The topological polar surface area (TPSA) is 78.9 Å². The molecule has 7 heteroatoms. The van der Waals surface area contributed by atoms with Crippen molar-refractivity contribution in [3.05, 3.63) is 77.6 Å². The Labute approximate surface area is 175 Å². The smallest absolute Gasteiger partial charge is 0.266 e. The van der Waals surface area contributed by atoms with Crippen LogP contribution in [0, 0.1) is 18.3 Å². The molecule has 0 aliphatic carbocycles. The van der Waals surface area contributed by atoms with Crippen LogP contribution in [0.1, 0.15) is 11.3 Å². The standard InChI is InChI=1S/C22H15N3O2S2/c1-14-6-8-16(9-7-14)24-21(26)15(13-23)12-17-10-11-20(27-17)29-22-25-18-4-2-3-5-19(18)28-22/h2-12H,1H3,(H,24,26)/b15-12+. The fourth-order valence-electron chi connectivity index (χ4n) is 2.57. The van der Waals surface area contributed by atoms with Crippen LogP contribution in [0.15, 0.2) is 80.1 Å². The highest BCUT2D eigenvalue weighted by Gasteiger charge is 2.12. The Bertz CT molecular complexity index is 1210. The Morgan fingerprint density at radius 2 is 1.97 bits per heavy atom. The molecule has 0 saturated carbocycles. The molecule has 142 valence electrons. The Kier molecular flexibility index (Phi) is 5.47. The number of thiazole rings is 1. The first kappa shape index (κ1) is 19.0. The van der Waals surface area contributed by atoms with E-state index in [9.17, 15) is 10.1 Å². The molecule has 5 nitrogen and oxygen atoms in total. The second-order valence-electron chi connectivity index (χ2n) is 6.20. The minimum atomic E-state index is -0.479. The Hall–Kier alpha value is -3.34. The van der Waals surface area contributed by atoms with E-state index in [2.05, 4.69) is 10.3 Å². The van der Waals surface area contributed by atoms with Gasteiger partial charge < -0.3 is 9.73 Å². The van der Waals surface area contributed by atoms with E-state index in [0.717, 1.165) is 20.1 Å². The molecule has 2 heterocycles. The number of fused-ring (bicyclic) bond motifs is 1. The first-order valence-electron chi connectivity index (χ1n) is 8.74. The van der Waals surface area contributed by atoms with E-state index in [1.54, 1.807) is 35.6 Å². The van der Waals surface area contributed by atoms with Gasteiger partial charge in [-0.15, -0.1) is 11.3 Å². The van der Waals surface area contributed by atoms with Crippen LogP contribution < -0.4 is 5.32 Å². The molecule has 0 bridgehead atoms. The summed E-state index contributed by atoms with van der Waals surface area (Å²) in [5.74, 6) is -0.0441. The van der Waals surface area contributed by atoms with Crippen LogP contribution in [-0.4, -0.2) is 10.9 Å². The normalized spacial score (nSPS) is 11.4. The number of para-hydroxylation sites is 1. The number of hydrogen-bond donors (Lipinski definition) is 1. The maximum atomic E-state index is 12.4. The van der Waals surface area contributed by atoms with Gasteiger partial charge >= 0.3 is 0 Å². The molecule has 0 atom stereocenters. The van der Waals surface area contributed by atoms with E-state index in [-0.39, 0.29) is 5.57 Å². The Balaban J connectivity index is 1.48. The number of carbonyl (C=O) groups is 1. The molecule has 0 aliphatic rings. The molecule has 2 aromatic heterocycles. The predicted molar refractivity (Wildman–Crippen MR) is 116 cm³/mol. The van der Waals surface area contributed by atoms with E-state index >= 15 is 0 Å². The lowest BCUT2D eigenvalue weighted by atomic mass is 10.2.